The molecule has 0 saturated carbocycles. The summed E-state index contributed by atoms with van der Waals surface area (Å²) in [6.45, 7) is 3.73. The molecule has 1 N–H and O–H groups in total. The van der Waals surface area contributed by atoms with E-state index in [-0.39, 0.29) is 12.4 Å². The number of aliphatic hydroxyl groups excluding tert-OH is 1. The van der Waals surface area contributed by atoms with Crippen molar-refractivity contribution in [2.75, 3.05) is 0 Å². The van der Waals surface area contributed by atoms with E-state index >= 15 is 0 Å². The fraction of sp³-hybridized carbons (Fsp3) is 0.267. The lowest BCUT2D eigenvalue weighted by Gasteiger charge is -2.09. The summed E-state index contributed by atoms with van der Waals surface area (Å²) in [7, 11) is 0. The molecule has 0 unspecified atom stereocenters. The molecule has 19 heavy (non-hydrogen) atoms. The Morgan fingerprint density at radius 1 is 1.26 bits per heavy atom. The number of rotatable bonds is 4. The third-order valence-corrected chi connectivity index (χ3v) is 2.76. The largest absolute Gasteiger partial charge is 0.436 e. The molecule has 1 aromatic heterocycles. The lowest BCUT2D eigenvalue weighted by molar-refractivity contribution is 0.280. The molecule has 0 saturated heterocycles. The summed E-state index contributed by atoms with van der Waals surface area (Å²) in [5, 5.41) is 9.19. The minimum Gasteiger partial charge on any atom is -0.436 e. The van der Waals surface area contributed by atoms with Crippen molar-refractivity contribution < 1.29 is 14.2 Å². The quantitative estimate of drug-likeness (QED) is 0.917. The monoisotopic (exact) mass is 261 g/mol. The maximum absolute atomic E-state index is 13.6. The van der Waals surface area contributed by atoms with Crippen LogP contribution in [0.3, 0.4) is 0 Å². The van der Waals surface area contributed by atoms with Crippen molar-refractivity contribution in [2.45, 2.75) is 26.9 Å². The van der Waals surface area contributed by atoms with Crippen LogP contribution in [-0.2, 0) is 13.0 Å². The van der Waals surface area contributed by atoms with E-state index in [1.165, 1.54) is 6.07 Å². The van der Waals surface area contributed by atoms with Crippen LogP contribution in [0.15, 0.2) is 30.3 Å². The predicted molar refractivity (Wildman–Crippen MR) is 70.7 cm³/mol. The Labute approximate surface area is 111 Å². The summed E-state index contributed by atoms with van der Waals surface area (Å²) in [5.41, 5.74) is 2.41. The molecule has 0 spiro atoms. The maximum Gasteiger partial charge on any atom is 0.219 e. The number of aromatic nitrogens is 1. The highest BCUT2D eigenvalue weighted by Crippen LogP contribution is 2.25. The molecular weight excluding hydrogens is 245 g/mol. The standard InChI is InChI=1S/C15H16FNO2/c1-3-12-7-11(9-18)8-15(17-12)19-14-6-10(2)4-5-13(14)16/h4-8,18H,3,9H2,1-2H3. The van der Waals surface area contributed by atoms with Crippen LogP contribution < -0.4 is 4.74 Å². The SMILES string of the molecule is CCc1cc(CO)cc(Oc2cc(C)ccc2F)n1. The molecule has 1 aromatic carbocycles. The number of aliphatic hydroxyl groups is 1. The molecular formula is C15H16FNO2. The van der Waals surface area contributed by atoms with Crippen LogP contribution in [0.5, 0.6) is 11.6 Å². The van der Waals surface area contributed by atoms with Gasteiger partial charge in [0.2, 0.25) is 5.88 Å². The third kappa shape index (κ3) is 3.29. The van der Waals surface area contributed by atoms with E-state index < -0.39 is 5.82 Å². The Bertz CT molecular complexity index is 562. The van der Waals surface area contributed by atoms with Gasteiger partial charge in [-0.2, -0.15) is 0 Å². The van der Waals surface area contributed by atoms with Gasteiger partial charge < -0.3 is 9.84 Å². The van der Waals surface area contributed by atoms with Crippen molar-refractivity contribution in [3.05, 3.63) is 53.0 Å². The lowest BCUT2D eigenvalue weighted by Crippen LogP contribution is -1.97. The Morgan fingerprint density at radius 3 is 2.74 bits per heavy atom. The van der Waals surface area contributed by atoms with Crippen molar-refractivity contribution in [2.24, 2.45) is 0 Å². The molecule has 100 valence electrons. The topological polar surface area (TPSA) is 42.4 Å². The van der Waals surface area contributed by atoms with Crippen LogP contribution in [0, 0.1) is 12.7 Å². The van der Waals surface area contributed by atoms with Crippen molar-refractivity contribution in [3.8, 4) is 11.6 Å². The molecule has 3 nitrogen and oxygen atoms in total. The second-order valence-electron chi connectivity index (χ2n) is 4.35. The van der Waals surface area contributed by atoms with Crippen LogP contribution >= 0.6 is 0 Å². The number of pyridine rings is 1. The van der Waals surface area contributed by atoms with Crippen LogP contribution in [-0.4, -0.2) is 10.1 Å². The molecule has 1 heterocycles. The molecule has 0 aliphatic carbocycles. The Balaban J connectivity index is 2.34. The number of hydrogen-bond acceptors (Lipinski definition) is 3. The number of nitrogens with zero attached hydrogens (tertiary/aromatic N) is 1. The Hall–Kier alpha value is -1.94. The van der Waals surface area contributed by atoms with Crippen LogP contribution in [0.2, 0.25) is 0 Å². The number of aryl methyl sites for hydroxylation is 2. The van der Waals surface area contributed by atoms with E-state index in [0.717, 1.165) is 17.7 Å². The first-order chi connectivity index (χ1) is 9.12. The van der Waals surface area contributed by atoms with Crippen LogP contribution in [0.1, 0.15) is 23.7 Å². The van der Waals surface area contributed by atoms with Gasteiger partial charge in [0, 0.05) is 11.8 Å². The molecule has 0 atom stereocenters. The summed E-state index contributed by atoms with van der Waals surface area (Å²) in [4.78, 5) is 4.27. The maximum atomic E-state index is 13.6. The minimum atomic E-state index is -0.431. The number of ether oxygens (including phenoxy) is 1. The third-order valence-electron chi connectivity index (χ3n) is 2.76. The molecule has 0 aliphatic heterocycles. The van der Waals surface area contributed by atoms with Crippen LogP contribution in [0.4, 0.5) is 4.39 Å². The molecule has 0 amide bonds. The van der Waals surface area contributed by atoms with Gasteiger partial charge in [0.05, 0.1) is 6.61 Å². The van der Waals surface area contributed by atoms with Gasteiger partial charge in [-0.05, 0) is 42.7 Å². The smallest absolute Gasteiger partial charge is 0.219 e. The van der Waals surface area contributed by atoms with E-state index in [9.17, 15) is 9.50 Å². The molecule has 0 fully saturated rings. The molecule has 0 aliphatic rings. The molecule has 0 bridgehead atoms. The Morgan fingerprint density at radius 2 is 2.05 bits per heavy atom. The lowest BCUT2D eigenvalue weighted by atomic mass is 10.2. The average Bonchev–Trinajstić information content (AvgIpc) is 2.42. The van der Waals surface area contributed by atoms with Gasteiger partial charge in [-0.25, -0.2) is 9.37 Å². The minimum absolute atomic E-state index is 0.0951. The first-order valence-corrected chi connectivity index (χ1v) is 6.17. The highest BCUT2D eigenvalue weighted by atomic mass is 19.1. The fourth-order valence-electron chi connectivity index (χ4n) is 1.75. The predicted octanol–water partition coefficient (Wildman–Crippen LogP) is 3.38. The van der Waals surface area contributed by atoms with E-state index in [0.29, 0.717) is 11.4 Å². The second kappa shape index (κ2) is 5.80. The summed E-state index contributed by atoms with van der Waals surface area (Å²) in [6.07, 6.45) is 0.723. The van der Waals surface area contributed by atoms with Gasteiger partial charge in [0.1, 0.15) is 0 Å². The van der Waals surface area contributed by atoms with Crippen molar-refractivity contribution in [1.82, 2.24) is 4.98 Å². The van der Waals surface area contributed by atoms with Gasteiger partial charge in [-0.3, -0.25) is 0 Å². The average molecular weight is 261 g/mol. The summed E-state index contributed by atoms with van der Waals surface area (Å²) < 4.78 is 19.1. The second-order valence-corrected chi connectivity index (χ2v) is 4.35. The highest BCUT2D eigenvalue weighted by Gasteiger charge is 2.08. The number of halogens is 1. The van der Waals surface area contributed by atoms with E-state index in [1.54, 1.807) is 24.3 Å². The van der Waals surface area contributed by atoms with Crippen molar-refractivity contribution in [1.29, 1.82) is 0 Å². The van der Waals surface area contributed by atoms with E-state index in [1.807, 2.05) is 13.8 Å². The zero-order valence-corrected chi connectivity index (χ0v) is 11.0. The molecule has 2 aromatic rings. The first kappa shape index (κ1) is 13.5. The number of hydrogen-bond donors (Lipinski definition) is 1. The van der Waals surface area contributed by atoms with Gasteiger partial charge >= 0.3 is 0 Å². The fourth-order valence-corrected chi connectivity index (χ4v) is 1.75. The zero-order valence-electron chi connectivity index (χ0n) is 11.0. The van der Waals surface area contributed by atoms with Crippen LogP contribution in [0.25, 0.3) is 0 Å². The summed E-state index contributed by atoms with van der Waals surface area (Å²) in [6, 6.07) is 8.08. The highest BCUT2D eigenvalue weighted by molar-refractivity contribution is 5.34. The summed E-state index contributed by atoms with van der Waals surface area (Å²) in [5.74, 6) is 0.0115. The molecule has 0 radical (unpaired) electrons. The van der Waals surface area contributed by atoms with E-state index in [4.69, 9.17) is 4.74 Å². The zero-order chi connectivity index (χ0) is 13.8. The van der Waals surface area contributed by atoms with Gasteiger partial charge in [-0.1, -0.05) is 13.0 Å². The van der Waals surface area contributed by atoms with Gasteiger partial charge in [0.15, 0.2) is 11.6 Å². The van der Waals surface area contributed by atoms with Crippen molar-refractivity contribution in [3.63, 3.8) is 0 Å². The van der Waals surface area contributed by atoms with E-state index in [2.05, 4.69) is 4.98 Å². The normalized spacial score (nSPS) is 10.5. The van der Waals surface area contributed by atoms with Crippen molar-refractivity contribution >= 4 is 0 Å². The van der Waals surface area contributed by atoms with Gasteiger partial charge in [0.25, 0.3) is 0 Å². The summed E-state index contributed by atoms with van der Waals surface area (Å²) >= 11 is 0. The molecule has 2 rings (SSSR count). The molecule has 4 heteroatoms. The first-order valence-electron chi connectivity index (χ1n) is 6.17. The number of benzene rings is 1. The Kier molecular flexibility index (Phi) is 4.12. The van der Waals surface area contributed by atoms with Gasteiger partial charge in [-0.15, -0.1) is 0 Å².